The molecule has 5 rings (SSSR count). The van der Waals surface area contributed by atoms with Crippen LogP contribution in [-0.4, -0.2) is 11.2 Å². The minimum Gasteiger partial charge on any atom is -0.501 e. The van der Waals surface area contributed by atoms with Gasteiger partial charge in [0.2, 0.25) is 11.5 Å². The van der Waals surface area contributed by atoms with Gasteiger partial charge < -0.3 is 9.84 Å². The van der Waals surface area contributed by atoms with Crippen molar-refractivity contribution in [1.29, 1.82) is 0 Å². The van der Waals surface area contributed by atoms with Crippen LogP contribution < -0.4 is 15.6 Å². The predicted molar refractivity (Wildman–Crippen MR) is 140 cm³/mol. The van der Waals surface area contributed by atoms with Gasteiger partial charge in [-0.05, 0) is 91.3 Å². The van der Waals surface area contributed by atoms with Crippen LogP contribution in [0.4, 0.5) is 0 Å². The molecule has 3 fully saturated rings. The molecule has 0 bridgehead atoms. The molecule has 4 unspecified atom stereocenters. The molecule has 3 saturated carbocycles. The number of hydrogen-bond acceptors (Lipinski definition) is 4. The maximum atomic E-state index is 11.8. The maximum Gasteiger partial charge on any atom is 0.275 e. The predicted octanol–water partition coefficient (Wildman–Crippen LogP) is 6.78. The normalized spacial score (nSPS) is 39.6. The average Bonchev–Trinajstić information content (AvgIpc) is 3.18. The van der Waals surface area contributed by atoms with Crippen LogP contribution in [0.25, 0.3) is 0 Å². The van der Waals surface area contributed by atoms with Gasteiger partial charge >= 0.3 is 0 Å². The lowest BCUT2D eigenvalue weighted by Crippen LogP contribution is -2.51. The lowest BCUT2D eigenvalue weighted by Gasteiger charge is -2.58. The average molecular weight is 483 g/mol. The Morgan fingerprint density at radius 3 is 2.49 bits per heavy atom. The minimum absolute atomic E-state index is 0.106. The van der Waals surface area contributed by atoms with Gasteiger partial charge in [-0.15, -0.1) is 0 Å². The Morgan fingerprint density at radius 2 is 1.77 bits per heavy atom. The molecule has 194 valence electrons. The zero-order chi connectivity index (χ0) is 25.1. The van der Waals surface area contributed by atoms with Gasteiger partial charge in [-0.2, -0.15) is 0 Å². The summed E-state index contributed by atoms with van der Waals surface area (Å²) in [6.07, 6.45) is 16.0. The van der Waals surface area contributed by atoms with Crippen LogP contribution in [0.1, 0.15) is 105 Å². The summed E-state index contributed by atoms with van der Waals surface area (Å²) >= 11 is 0. The van der Waals surface area contributed by atoms with E-state index in [0.717, 1.165) is 54.8 Å². The number of aromatic hydroxyl groups is 1. The van der Waals surface area contributed by atoms with Crippen LogP contribution in [0.15, 0.2) is 21.2 Å². The first kappa shape index (κ1) is 25.1. The highest BCUT2D eigenvalue weighted by atomic mass is 16.5. The van der Waals surface area contributed by atoms with E-state index < -0.39 is 16.6 Å². The monoisotopic (exact) mass is 482 g/mol. The zero-order valence-corrected chi connectivity index (χ0v) is 22.6. The summed E-state index contributed by atoms with van der Waals surface area (Å²) in [5, 5.41) is 9.73. The molecule has 0 heterocycles. The van der Waals surface area contributed by atoms with Crippen molar-refractivity contribution in [2.45, 2.75) is 111 Å². The van der Waals surface area contributed by atoms with Crippen molar-refractivity contribution in [2.24, 2.45) is 46.3 Å². The molecular formula is C31H46O4. The van der Waals surface area contributed by atoms with Gasteiger partial charge in [-0.3, -0.25) is 9.59 Å². The molecule has 8 atom stereocenters. The Balaban J connectivity index is 1.28. The molecule has 0 amide bonds. The molecule has 0 spiro atoms. The van der Waals surface area contributed by atoms with Gasteiger partial charge in [-0.1, -0.05) is 65.5 Å². The van der Waals surface area contributed by atoms with Crippen molar-refractivity contribution in [3.05, 3.63) is 32.1 Å². The highest BCUT2D eigenvalue weighted by Crippen LogP contribution is 2.67. The molecule has 35 heavy (non-hydrogen) atoms. The van der Waals surface area contributed by atoms with E-state index in [4.69, 9.17) is 4.74 Å². The first-order valence-electron chi connectivity index (χ1n) is 14.4. The molecule has 0 saturated heterocycles. The fourth-order valence-corrected chi connectivity index (χ4v) is 9.39. The lowest BCUT2D eigenvalue weighted by molar-refractivity contribution is -0.0560. The lowest BCUT2D eigenvalue weighted by atomic mass is 9.47. The summed E-state index contributed by atoms with van der Waals surface area (Å²) in [6.45, 7) is 12.4. The third-order valence-electron chi connectivity index (χ3n) is 11.4. The third kappa shape index (κ3) is 4.02. The van der Waals surface area contributed by atoms with E-state index in [1.54, 1.807) is 0 Å². The van der Waals surface area contributed by atoms with E-state index in [-0.39, 0.29) is 17.3 Å². The maximum absolute atomic E-state index is 11.8. The molecule has 4 aliphatic carbocycles. The molecule has 4 nitrogen and oxygen atoms in total. The Morgan fingerprint density at radius 1 is 1.00 bits per heavy atom. The second-order valence-electron chi connectivity index (χ2n) is 13.6. The fraction of sp³-hybridized carbons (Fsp3) is 0.806. The fourth-order valence-electron chi connectivity index (χ4n) is 9.39. The summed E-state index contributed by atoms with van der Waals surface area (Å²) in [7, 11) is 0. The Labute approximate surface area is 211 Å². The van der Waals surface area contributed by atoms with Crippen LogP contribution in [0.3, 0.4) is 0 Å². The highest BCUT2D eigenvalue weighted by Gasteiger charge is 2.59. The van der Waals surface area contributed by atoms with E-state index in [9.17, 15) is 14.7 Å². The quantitative estimate of drug-likeness (QED) is 0.344. The van der Waals surface area contributed by atoms with Gasteiger partial charge in [0.15, 0.2) is 0 Å². The van der Waals surface area contributed by atoms with Gasteiger partial charge in [0.1, 0.15) is 6.10 Å². The molecule has 4 aliphatic rings. The Bertz CT molecular complexity index is 1050. The first-order chi connectivity index (χ1) is 16.6. The summed E-state index contributed by atoms with van der Waals surface area (Å²) in [6, 6.07) is 0. The standard InChI is InChI=1S/C31H46O4/c1-18(2)7-6-8-19(3)23-11-12-24-22-10-9-20-17-21(35-29-27(33)26(32)28(29)34)13-15-30(20,4)25(22)14-16-31(23,24)5/h9,18-19,21-25,33H,6-8,10-17H2,1-5H3/t19-,21?,22?,23-,24?,25?,30+,31-/m1/s1. The second-order valence-corrected chi connectivity index (χ2v) is 13.6. The van der Waals surface area contributed by atoms with Crippen LogP contribution in [0.2, 0.25) is 0 Å². The van der Waals surface area contributed by atoms with E-state index in [0.29, 0.717) is 5.41 Å². The Hall–Kier alpha value is -1.58. The van der Waals surface area contributed by atoms with Crippen molar-refractivity contribution < 1.29 is 9.84 Å². The van der Waals surface area contributed by atoms with Crippen LogP contribution in [0.5, 0.6) is 11.5 Å². The van der Waals surface area contributed by atoms with Crippen molar-refractivity contribution in [2.75, 3.05) is 0 Å². The molecular weight excluding hydrogens is 436 g/mol. The molecule has 0 aliphatic heterocycles. The largest absolute Gasteiger partial charge is 0.501 e. The summed E-state index contributed by atoms with van der Waals surface area (Å²) < 4.78 is 5.84. The molecule has 0 radical (unpaired) electrons. The van der Waals surface area contributed by atoms with E-state index in [1.165, 1.54) is 56.9 Å². The number of fused-ring (bicyclic) bond motifs is 5. The number of ether oxygens (including phenoxy) is 1. The zero-order valence-electron chi connectivity index (χ0n) is 22.6. The van der Waals surface area contributed by atoms with Crippen molar-refractivity contribution in [3.8, 4) is 11.5 Å². The minimum atomic E-state index is -0.810. The van der Waals surface area contributed by atoms with Gasteiger partial charge in [-0.25, -0.2) is 0 Å². The molecule has 1 N–H and O–H groups in total. The molecule has 1 aromatic carbocycles. The summed E-state index contributed by atoms with van der Waals surface area (Å²) in [5.41, 5.74) is 0.736. The van der Waals surface area contributed by atoms with E-state index >= 15 is 0 Å². The van der Waals surface area contributed by atoms with Crippen LogP contribution in [-0.2, 0) is 0 Å². The number of allylic oxidation sites excluding steroid dienone is 1. The first-order valence-corrected chi connectivity index (χ1v) is 14.4. The molecule has 1 aromatic rings. The number of hydrogen-bond donors (Lipinski definition) is 1. The third-order valence-corrected chi connectivity index (χ3v) is 11.4. The SMILES string of the molecule is CC(C)CCC[C@@H](C)[C@H]1CCC2C3CC=C4CC(Oc5c(O)c(=O)c5=O)CC[C@]4(C)C3CC[C@@]21C. The Kier molecular flexibility index (Phi) is 6.50. The van der Waals surface area contributed by atoms with Gasteiger partial charge in [0.25, 0.3) is 10.9 Å². The second kappa shape index (κ2) is 9.06. The van der Waals surface area contributed by atoms with Gasteiger partial charge in [0.05, 0.1) is 0 Å². The molecule has 0 aromatic heterocycles. The summed E-state index contributed by atoms with van der Waals surface area (Å²) in [4.78, 5) is 23.1. The highest BCUT2D eigenvalue weighted by molar-refractivity contribution is 5.44. The van der Waals surface area contributed by atoms with E-state index in [1.807, 2.05) is 0 Å². The van der Waals surface area contributed by atoms with Gasteiger partial charge in [0, 0.05) is 6.42 Å². The topological polar surface area (TPSA) is 63.6 Å². The van der Waals surface area contributed by atoms with Crippen molar-refractivity contribution in [3.63, 3.8) is 0 Å². The smallest absolute Gasteiger partial charge is 0.275 e. The van der Waals surface area contributed by atoms with Crippen molar-refractivity contribution >= 4 is 0 Å². The number of rotatable bonds is 7. The van der Waals surface area contributed by atoms with Crippen LogP contribution >= 0.6 is 0 Å². The summed E-state index contributed by atoms with van der Waals surface area (Å²) in [5.74, 6) is 4.34. The molecule has 4 heteroatoms. The van der Waals surface area contributed by atoms with Crippen molar-refractivity contribution in [1.82, 2.24) is 0 Å². The van der Waals surface area contributed by atoms with E-state index in [2.05, 4.69) is 40.7 Å². The van der Waals surface area contributed by atoms with Crippen LogP contribution in [0, 0.1) is 46.3 Å².